The Morgan fingerprint density at radius 2 is 2.18 bits per heavy atom. The minimum absolute atomic E-state index is 0.218. The van der Waals surface area contributed by atoms with Gasteiger partial charge in [0.1, 0.15) is 5.82 Å². The summed E-state index contributed by atoms with van der Waals surface area (Å²) in [6.07, 6.45) is 4.41. The summed E-state index contributed by atoms with van der Waals surface area (Å²) in [6.45, 7) is 0.883. The van der Waals surface area contributed by atoms with E-state index in [1.165, 1.54) is 12.2 Å². The Kier molecular flexibility index (Phi) is 6.39. The molecule has 0 fully saturated rings. The van der Waals surface area contributed by atoms with Crippen LogP contribution in [0.1, 0.15) is 23.3 Å². The number of amides is 1. The van der Waals surface area contributed by atoms with Crippen LogP contribution in [-0.2, 0) is 0 Å². The number of aromatic nitrogens is 2. The summed E-state index contributed by atoms with van der Waals surface area (Å²) in [5.41, 5.74) is 0.334. The van der Waals surface area contributed by atoms with Gasteiger partial charge in [0.25, 0.3) is 5.91 Å². The van der Waals surface area contributed by atoms with E-state index in [0.29, 0.717) is 11.5 Å². The molecule has 0 aromatic carbocycles. The summed E-state index contributed by atoms with van der Waals surface area (Å²) in [4.78, 5) is 11.2. The SMILES string of the molecule is CNC(=O)c1ccc(NCCCCSC)nn1. The van der Waals surface area contributed by atoms with Gasteiger partial charge in [-0.3, -0.25) is 4.79 Å². The van der Waals surface area contributed by atoms with Crippen LogP contribution >= 0.6 is 11.8 Å². The summed E-state index contributed by atoms with van der Waals surface area (Å²) < 4.78 is 0. The van der Waals surface area contributed by atoms with E-state index in [0.717, 1.165) is 13.0 Å². The maximum absolute atomic E-state index is 11.2. The lowest BCUT2D eigenvalue weighted by Crippen LogP contribution is -2.19. The molecule has 17 heavy (non-hydrogen) atoms. The molecule has 5 nitrogen and oxygen atoms in total. The molecular weight excluding hydrogens is 236 g/mol. The first-order valence-corrected chi connectivity index (χ1v) is 6.96. The molecule has 0 aliphatic carbocycles. The number of hydrogen-bond acceptors (Lipinski definition) is 5. The normalized spacial score (nSPS) is 10.0. The standard InChI is InChI=1S/C11H18N4OS/c1-12-11(16)9-5-6-10(15-14-9)13-7-3-4-8-17-2/h5-6H,3-4,7-8H2,1-2H3,(H,12,16)(H,13,15). The van der Waals surface area contributed by atoms with Gasteiger partial charge in [0, 0.05) is 13.6 Å². The summed E-state index contributed by atoms with van der Waals surface area (Å²) >= 11 is 1.86. The molecule has 0 aliphatic rings. The van der Waals surface area contributed by atoms with E-state index in [-0.39, 0.29) is 5.91 Å². The van der Waals surface area contributed by atoms with Crippen molar-refractivity contribution in [2.75, 3.05) is 30.9 Å². The van der Waals surface area contributed by atoms with E-state index < -0.39 is 0 Å². The second-order valence-corrected chi connectivity index (χ2v) is 4.50. The van der Waals surface area contributed by atoms with Crippen LogP contribution in [0.25, 0.3) is 0 Å². The maximum Gasteiger partial charge on any atom is 0.271 e. The molecule has 0 bridgehead atoms. The first-order chi connectivity index (χ1) is 8.27. The zero-order valence-electron chi connectivity index (χ0n) is 10.2. The molecule has 0 spiro atoms. The van der Waals surface area contributed by atoms with E-state index in [1.54, 1.807) is 19.2 Å². The fourth-order valence-corrected chi connectivity index (χ4v) is 1.76. The van der Waals surface area contributed by atoms with Crippen LogP contribution < -0.4 is 10.6 Å². The van der Waals surface area contributed by atoms with Crippen molar-refractivity contribution in [1.82, 2.24) is 15.5 Å². The van der Waals surface area contributed by atoms with Crippen molar-refractivity contribution in [3.05, 3.63) is 17.8 Å². The number of carbonyl (C=O) groups excluding carboxylic acids is 1. The minimum atomic E-state index is -0.218. The highest BCUT2D eigenvalue weighted by molar-refractivity contribution is 7.98. The molecule has 1 aromatic heterocycles. The molecule has 2 N–H and O–H groups in total. The third-order valence-electron chi connectivity index (χ3n) is 2.21. The summed E-state index contributed by atoms with van der Waals surface area (Å²) in [7, 11) is 1.57. The molecule has 1 rings (SSSR count). The Hall–Kier alpha value is -1.30. The van der Waals surface area contributed by atoms with Gasteiger partial charge >= 0.3 is 0 Å². The van der Waals surface area contributed by atoms with Crippen LogP contribution in [-0.4, -0.2) is 41.7 Å². The molecule has 0 saturated heterocycles. The van der Waals surface area contributed by atoms with Crippen molar-refractivity contribution in [2.45, 2.75) is 12.8 Å². The predicted octanol–water partition coefficient (Wildman–Crippen LogP) is 1.39. The highest BCUT2D eigenvalue weighted by Crippen LogP contribution is 2.04. The molecule has 1 aromatic rings. The number of hydrogen-bond donors (Lipinski definition) is 2. The topological polar surface area (TPSA) is 66.9 Å². The molecule has 0 saturated carbocycles. The smallest absolute Gasteiger partial charge is 0.271 e. The second kappa shape index (κ2) is 7.89. The summed E-state index contributed by atoms with van der Waals surface area (Å²) in [5, 5.41) is 13.5. The Balaban J connectivity index is 2.33. The number of rotatable bonds is 7. The minimum Gasteiger partial charge on any atom is -0.369 e. The molecule has 6 heteroatoms. The summed E-state index contributed by atoms with van der Waals surface area (Å²) in [5.74, 6) is 1.68. The molecule has 0 aliphatic heterocycles. The van der Waals surface area contributed by atoms with Crippen molar-refractivity contribution >= 4 is 23.5 Å². The van der Waals surface area contributed by atoms with Gasteiger partial charge in [-0.2, -0.15) is 11.8 Å². The van der Waals surface area contributed by atoms with Gasteiger partial charge < -0.3 is 10.6 Å². The van der Waals surface area contributed by atoms with Gasteiger partial charge in [0.05, 0.1) is 0 Å². The zero-order valence-corrected chi connectivity index (χ0v) is 11.0. The second-order valence-electron chi connectivity index (χ2n) is 3.51. The Morgan fingerprint density at radius 3 is 2.76 bits per heavy atom. The average Bonchev–Trinajstić information content (AvgIpc) is 2.38. The number of carbonyl (C=O) groups is 1. The number of nitrogens with zero attached hydrogens (tertiary/aromatic N) is 2. The highest BCUT2D eigenvalue weighted by atomic mass is 32.2. The van der Waals surface area contributed by atoms with Crippen molar-refractivity contribution in [2.24, 2.45) is 0 Å². The molecule has 0 unspecified atom stereocenters. The molecule has 0 radical (unpaired) electrons. The first-order valence-electron chi connectivity index (χ1n) is 5.56. The first kappa shape index (κ1) is 13.8. The van der Waals surface area contributed by atoms with Gasteiger partial charge in [0.2, 0.25) is 0 Å². The monoisotopic (exact) mass is 254 g/mol. The van der Waals surface area contributed by atoms with Crippen molar-refractivity contribution in [3.63, 3.8) is 0 Å². The van der Waals surface area contributed by atoms with Crippen LogP contribution in [0.3, 0.4) is 0 Å². The van der Waals surface area contributed by atoms with Gasteiger partial charge in [0.15, 0.2) is 5.69 Å². The summed E-state index contributed by atoms with van der Waals surface area (Å²) in [6, 6.07) is 3.43. The van der Waals surface area contributed by atoms with E-state index in [4.69, 9.17) is 0 Å². The number of anilines is 1. The fraction of sp³-hybridized carbons (Fsp3) is 0.545. The molecule has 1 heterocycles. The Labute approximate surface area is 106 Å². The van der Waals surface area contributed by atoms with Crippen LogP contribution in [0.5, 0.6) is 0 Å². The lowest BCUT2D eigenvalue weighted by Gasteiger charge is -2.04. The lowest BCUT2D eigenvalue weighted by atomic mass is 10.3. The van der Waals surface area contributed by atoms with E-state index in [9.17, 15) is 4.79 Å². The predicted molar refractivity (Wildman–Crippen MR) is 71.5 cm³/mol. The average molecular weight is 254 g/mol. The third kappa shape index (κ3) is 5.04. The van der Waals surface area contributed by atoms with Crippen LogP contribution in [0, 0.1) is 0 Å². The van der Waals surface area contributed by atoms with Crippen LogP contribution in [0.2, 0.25) is 0 Å². The number of thioether (sulfide) groups is 1. The fourth-order valence-electron chi connectivity index (χ4n) is 1.26. The highest BCUT2D eigenvalue weighted by Gasteiger charge is 2.04. The third-order valence-corrected chi connectivity index (χ3v) is 2.90. The molecule has 94 valence electrons. The van der Waals surface area contributed by atoms with E-state index in [1.807, 2.05) is 11.8 Å². The maximum atomic E-state index is 11.2. The van der Waals surface area contributed by atoms with Crippen LogP contribution in [0.15, 0.2) is 12.1 Å². The number of nitrogens with one attached hydrogen (secondary N) is 2. The van der Waals surface area contributed by atoms with Crippen LogP contribution in [0.4, 0.5) is 5.82 Å². The van der Waals surface area contributed by atoms with Gasteiger partial charge in [-0.1, -0.05) is 0 Å². The largest absolute Gasteiger partial charge is 0.369 e. The van der Waals surface area contributed by atoms with Gasteiger partial charge in [-0.05, 0) is 37.0 Å². The van der Waals surface area contributed by atoms with Crippen molar-refractivity contribution in [1.29, 1.82) is 0 Å². The van der Waals surface area contributed by atoms with Crippen molar-refractivity contribution < 1.29 is 4.79 Å². The van der Waals surface area contributed by atoms with Gasteiger partial charge in [-0.15, -0.1) is 10.2 Å². The lowest BCUT2D eigenvalue weighted by molar-refractivity contribution is 0.0957. The van der Waals surface area contributed by atoms with E-state index in [2.05, 4.69) is 27.1 Å². The quantitative estimate of drug-likeness (QED) is 0.720. The molecular formula is C11H18N4OS. The zero-order chi connectivity index (χ0) is 12.5. The molecule has 1 amide bonds. The van der Waals surface area contributed by atoms with Gasteiger partial charge in [-0.25, -0.2) is 0 Å². The molecule has 0 atom stereocenters. The Bertz CT molecular complexity index is 342. The number of unbranched alkanes of at least 4 members (excludes halogenated alkanes) is 1. The van der Waals surface area contributed by atoms with E-state index >= 15 is 0 Å². The van der Waals surface area contributed by atoms with Crippen molar-refractivity contribution in [3.8, 4) is 0 Å². The Morgan fingerprint density at radius 1 is 1.35 bits per heavy atom.